The van der Waals surface area contributed by atoms with E-state index in [4.69, 9.17) is 0 Å². The zero-order valence-electron chi connectivity index (χ0n) is 11.6. The molecule has 2 N–H and O–H groups in total. The molecule has 0 spiro atoms. The lowest BCUT2D eigenvalue weighted by atomic mass is 10.1. The van der Waals surface area contributed by atoms with E-state index in [1.807, 2.05) is 0 Å². The highest BCUT2D eigenvalue weighted by molar-refractivity contribution is 7.91. The maximum Gasteiger partial charge on any atom is 0.190 e. The van der Waals surface area contributed by atoms with Gasteiger partial charge in [0.25, 0.3) is 0 Å². The normalized spacial score (nSPS) is 23.3. The lowest BCUT2D eigenvalue weighted by molar-refractivity contribution is 0.553. The molecule has 1 fully saturated rings. The number of sulfone groups is 1. The van der Waals surface area contributed by atoms with Crippen LogP contribution in [0.5, 0.6) is 0 Å². The molecule has 0 radical (unpaired) electrons. The van der Waals surface area contributed by atoms with Crippen LogP contribution in [0.4, 0.5) is 0 Å². The van der Waals surface area contributed by atoms with Crippen molar-refractivity contribution in [2.45, 2.75) is 26.7 Å². The SMILES string of the molecule is CN=C(NCCC(C)C)NCC1CCS(=O)(=O)C1. The summed E-state index contributed by atoms with van der Waals surface area (Å²) in [5.41, 5.74) is 0. The van der Waals surface area contributed by atoms with Gasteiger partial charge in [0.1, 0.15) is 0 Å². The average Bonchev–Trinajstić information content (AvgIpc) is 2.62. The number of hydrogen-bond acceptors (Lipinski definition) is 3. The Hall–Kier alpha value is -0.780. The molecule has 1 heterocycles. The van der Waals surface area contributed by atoms with E-state index in [0.717, 1.165) is 25.3 Å². The van der Waals surface area contributed by atoms with Gasteiger partial charge in [0, 0.05) is 20.1 Å². The minimum atomic E-state index is -2.78. The first kappa shape index (κ1) is 15.3. The largest absolute Gasteiger partial charge is 0.356 e. The van der Waals surface area contributed by atoms with E-state index in [1.165, 1.54) is 0 Å². The predicted molar refractivity (Wildman–Crippen MR) is 75.6 cm³/mol. The summed E-state index contributed by atoms with van der Waals surface area (Å²) in [5.74, 6) is 2.29. The highest BCUT2D eigenvalue weighted by Gasteiger charge is 2.27. The van der Waals surface area contributed by atoms with Crippen molar-refractivity contribution >= 4 is 15.8 Å². The van der Waals surface area contributed by atoms with Crippen molar-refractivity contribution in [3.8, 4) is 0 Å². The standard InChI is InChI=1S/C12H25N3O2S/c1-10(2)4-6-14-12(13-3)15-8-11-5-7-18(16,17)9-11/h10-11H,4-9H2,1-3H3,(H2,13,14,15). The quantitative estimate of drug-likeness (QED) is 0.570. The van der Waals surface area contributed by atoms with Crippen LogP contribution in [0.1, 0.15) is 26.7 Å². The van der Waals surface area contributed by atoms with E-state index < -0.39 is 9.84 Å². The third-order valence-corrected chi connectivity index (χ3v) is 4.96. The van der Waals surface area contributed by atoms with Gasteiger partial charge in [0.2, 0.25) is 0 Å². The summed E-state index contributed by atoms with van der Waals surface area (Å²) in [6, 6.07) is 0. The number of guanidine groups is 1. The molecule has 5 nitrogen and oxygen atoms in total. The Morgan fingerprint density at radius 3 is 2.61 bits per heavy atom. The topological polar surface area (TPSA) is 70.6 Å². The molecule has 1 aliphatic rings. The second-order valence-electron chi connectivity index (χ2n) is 5.33. The highest BCUT2D eigenvalue weighted by atomic mass is 32.2. The fourth-order valence-corrected chi connectivity index (χ4v) is 3.84. The van der Waals surface area contributed by atoms with E-state index in [9.17, 15) is 8.42 Å². The first-order valence-corrected chi connectivity index (χ1v) is 8.40. The molecule has 1 aliphatic heterocycles. The van der Waals surface area contributed by atoms with E-state index >= 15 is 0 Å². The molecule has 106 valence electrons. The van der Waals surface area contributed by atoms with Crippen molar-refractivity contribution in [1.29, 1.82) is 0 Å². The van der Waals surface area contributed by atoms with E-state index in [-0.39, 0.29) is 5.92 Å². The Balaban J connectivity index is 2.24. The van der Waals surface area contributed by atoms with Gasteiger partial charge in [0.15, 0.2) is 15.8 Å². The molecule has 6 heteroatoms. The number of nitrogens with zero attached hydrogens (tertiary/aromatic N) is 1. The molecule has 1 atom stereocenters. The Labute approximate surface area is 110 Å². The van der Waals surface area contributed by atoms with Gasteiger partial charge in [-0.15, -0.1) is 0 Å². The zero-order valence-corrected chi connectivity index (χ0v) is 12.4. The van der Waals surface area contributed by atoms with E-state index in [0.29, 0.717) is 24.0 Å². The van der Waals surface area contributed by atoms with Gasteiger partial charge in [-0.25, -0.2) is 8.42 Å². The van der Waals surface area contributed by atoms with Crippen LogP contribution in [0.25, 0.3) is 0 Å². The molecule has 1 rings (SSSR count). The number of rotatable bonds is 5. The summed E-state index contributed by atoms with van der Waals surface area (Å²) in [7, 11) is -1.05. The second-order valence-corrected chi connectivity index (χ2v) is 7.56. The van der Waals surface area contributed by atoms with Crippen molar-refractivity contribution in [3.63, 3.8) is 0 Å². The number of hydrogen-bond donors (Lipinski definition) is 2. The average molecular weight is 275 g/mol. The summed E-state index contributed by atoms with van der Waals surface area (Å²) >= 11 is 0. The second kappa shape index (κ2) is 6.97. The van der Waals surface area contributed by atoms with Crippen LogP contribution in [-0.2, 0) is 9.84 Å². The maximum atomic E-state index is 11.3. The fraction of sp³-hybridized carbons (Fsp3) is 0.917. The molecule has 0 aromatic carbocycles. The minimum absolute atomic E-state index is 0.221. The monoisotopic (exact) mass is 275 g/mol. The lowest BCUT2D eigenvalue weighted by Crippen LogP contribution is -2.40. The highest BCUT2D eigenvalue weighted by Crippen LogP contribution is 2.17. The summed E-state index contributed by atoms with van der Waals surface area (Å²) < 4.78 is 22.7. The van der Waals surface area contributed by atoms with Crippen LogP contribution >= 0.6 is 0 Å². The molecule has 0 amide bonds. The number of aliphatic imine (C=N–C) groups is 1. The fourth-order valence-electron chi connectivity index (χ4n) is 1.97. The van der Waals surface area contributed by atoms with Gasteiger partial charge in [0.05, 0.1) is 11.5 Å². The van der Waals surface area contributed by atoms with Gasteiger partial charge in [-0.1, -0.05) is 13.8 Å². The van der Waals surface area contributed by atoms with Gasteiger partial charge in [-0.2, -0.15) is 0 Å². The van der Waals surface area contributed by atoms with Crippen LogP contribution in [-0.4, -0.2) is 46.0 Å². The molecule has 1 saturated heterocycles. The molecule has 0 bridgehead atoms. The summed E-state index contributed by atoms with van der Waals surface area (Å²) in [6.07, 6.45) is 1.86. The van der Waals surface area contributed by atoms with Crippen LogP contribution < -0.4 is 10.6 Å². The predicted octanol–water partition coefficient (Wildman–Crippen LogP) is 0.632. The Morgan fingerprint density at radius 2 is 2.11 bits per heavy atom. The lowest BCUT2D eigenvalue weighted by Gasteiger charge is -2.15. The van der Waals surface area contributed by atoms with Gasteiger partial charge in [-0.3, -0.25) is 4.99 Å². The molecule has 1 unspecified atom stereocenters. The molecule has 0 aliphatic carbocycles. The molecule has 0 aromatic rings. The minimum Gasteiger partial charge on any atom is -0.356 e. The van der Waals surface area contributed by atoms with E-state index in [1.54, 1.807) is 7.05 Å². The summed E-state index contributed by atoms with van der Waals surface area (Å²) in [4.78, 5) is 4.13. The third kappa shape index (κ3) is 5.71. The van der Waals surface area contributed by atoms with Crippen LogP contribution in [0.15, 0.2) is 4.99 Å². The summed E-state index contributed by atoms with van der Waals surface area (Å²) in [6.45, 7) is 5.93. The smallest absolute Gasteiger partial charge is 0.190 e. The van der Waals surface area contributed by atoms with Crippen LogP contribution in [0.2, 0.25) is 0 Å². The van der Waals surface area contributed by atoms with Gasteiger partial charge in [-0.05, 0) is 24.7 Å². The Morgan fingerprint density at radius 1 is 1.39 bits per heavy atom. The molecular formula is C12H25N3O2S. The first-order valence-electron chi connectivity index (χ1n) is 6.58. The van der Waals surface area contributed by atoms with Crippen molar-refractivity contribution in [2.75, 3.05) is 31.6 Å². The van der Waals surface area contributed by atoms with Crippen LogP contribution in [0.3, 0.4) is 0 Å². The number of nitrogens with one attached hydrogen (secondary N) is 2. The summed E-state index contributed by atoms with van der Waals surface area (Å²) in [5, 5.41) is 6.43. The van der Waals surface area contributed by atoms with Crippen molar-refractivity contribution < 1.29 is 8.42 Å². The van der Waals surface area contributed by atoms with Crippen molar-refractivity contribution in [1.82, 2.24) is 10.6 Å². The van der Waals surface area contributed by atoms with Gasteiger partial charge >= 0.3 is 0 Å². The van der Waals surface area contributed by atoms with Crippen molar-refractivity contribution in [2.24, 2.45) is 16.8 Å². The molecular weight excluding hydrogens is 250 g/mol. The molecule has 0 saturated carbocycles. The Kier molecular flexibility index (Phi) is 5.91. The maximum absolute atomic E-state index is 11.3. The zero-order chi connectivity index (χ0) is 13.6. The van der Waals surface area contributed by atoms with Crippen LogP contribution in [0, 0.1) is 11.8 Å². The Bertz CT molecular complexity index is 377. The first-order chi connectivity index (χ1) is 8.43. The molecule has 0 aromatic heterocycles. The van der Waals surface area contributed by atoms with E-state index in [2.05, 4.69) is 29.5 Å². The van der Waals surface area contributed by atoms with Crippen molar-refractivity contribution in [3.05, 3.63) is 0 Å². The third-order valence-electron chi connectivity index (χ3n) is 3.12. The van der Waals surface area contributed by atoms with Gasteiger partial charge < -0.3 is 10.6 Å². The molecule has 18 heavy (non-hydrogen) atoms.